The Kier molecular flexibility index (Phi) is 6.50. The van der Waals surface area contributed by atoms with Crippen LogP contribution in [0.25, 0.3) is 10.9 Å². The molecule has 32 heavy (non-hydrogen) atoms. The molecule has 0 aliphatic carbocycles. The molecule has 3 N–H and O–H groups in total. The van der Waals surface area contributed by atoms with Crippen molar-refractivity contribution in [1.82, 2.24) is 4.98 Å². The van der Waals surface area contributed by atoms with E-state index in [0.29, 0.717) is 10.9 Å². The van der Waals surface area contributed by atoms with Gasteiger partial charge in [-0.1, -0.05) is 19.9 Å². The van der Waals surface area contributed by atoms with E-state index in [1.54, 1.807) is 26.0 Å². The number of ether oxygens (including phenoxy) is 1. The minimum Gasteiger partial charge on any atom is -0.496 e. The summed E-state index contributed by atoms with van der Waals surface area (Å²) in [6.45, 7) is 3.08. The third-order valence-electron chi connectivity index (χ3n) is 5.49. The van der Waals surface area contributed by atoms with Gasteiger partial charge in [0.1, 0.15) is 23.7 Å². The zero-order valence-electron chi connectivity index (χ0n) is 17.8. The van der Waals surface area contributed by atoms with E-state index in [4.69, 9.17) is 4.74 Å². The number of nitrogens with one attached hydrogen (secondary N) is 2. The highest BCUT2D eigenvalue weighted by molar-refractivity contribution is 5.91. The number of alkyl halides is 3. The molecule has 1 heterocycles. The van der Waals surface area contributed by atoms with Crippen LogP contribution in [0.4, 0.5) is 23.2 Å². The van der Waals surface area contributed by atoms with Crippen LogP contribution in [0.2, 0.25) is 0 Å². The molecule has 0 spiro atoms. The molecular weight excluding hydrogens is 428 g/mol. The quantitative estimate of drug-likeness (QED) is 0.350. The monoisotopic (exact) mass is 452 g/mol. The number of pyridine rings is 1. The van der Waals surface area contributed by atoms with Crippen LogP contribution in [0.1, 0.15) is 25.8 Å². The summed E-state index contributed by atoms with van der Waals surface area (Å²) in [4.78, 5) is 14.1. The number of fused-ring (bicyclic) bond motifs is 1. The molecule has 0 aliphatic rings. The maximum absolute atomic E-state index is 14.0. The number of halogens is 4. The molecule has 2 aromatic carbocycles. The van der Waals surface area contributed by atoms with Gasteiger partial charge in [-0.25, -0.2) is 4.39 Å². The lowest BCUT2D eigenvalue weighted by Crippen LogP contribution is -2.42. The Morgan fingerprint density at radius 2 is 1.84 bits per heavy atom. The lowest BCUT2D eigenvalue weighted by Gasteiger charge is -2.35. The second kappa shape index (κ2) is 8.82. The molecule has 9 heteroatoms. The summed E-state index contributed by atoms with van der Waals surface area (Å²) < 4.78 is 61.0. The maximum Gasteiger partial charge on any atom is 0.396 e. The molecule has 0 aliphatic heterocycles. The predicted molar refractivity (Wildman–Crippen MR) is 114 cm³/mol. The van der Waals surface area contributed by atoms with Gasteiger partial charge in [-0.3, -0.25) is 4.79 Å². The molecule has 1 aromatic heterocycles. The van der Waals surface area contributed by atoms with Gasteiger partial charge >= 0.3 is 6.18 Å². The third kappa shape index (κ3) is 5.04. The fraction of sp³-hybridized carbons (Fsp3) is 0.348. The van der Waals surface area contributed by atoms with Gasteiger partial charge in [-0.2, -0.15) is 13.2 Å². The van der Waals surface area contributed by atoms with Crippen LogP contribution in [0.5, 0.6) is 5.75 Å². The number of hydrogen-bond acceptors (Lipinski definition) is 4. The van der Waals surface area contributed by atoms with E-state index in [1.807, 2.05) is 0 Å². The van der Waals surface area contributed by atoms with Crippen molar-refractivity contribution in [3.63, 3.8) is 0 Å². The van der Waals surface area contributed by atoms with Crippen molar-refractivity contribution in [2.75, 3.05) is 12.4 Å². The Morgan fingerprint density at radius 3 is 2.50 bits per heavy atom. The van der Waals surface area contributed by atoms with Gasteiger partial charge in [0.2, 0.25) is 5.56 Å². The molecule has 0 amide bonds. The van der Waals surface area contributed by atoms with E-state index in [1.165, 1.54) is 37.4 Å². The molecule has 5 nitrogen and oxygen atoms in total. The van der Waals surface area contributed by atoms with Crippen LogP contribution in [-0.2, 0) is 5.41 Å². The Morgan fingerprint density at radius 1 is 1.12 bits per heavy atom. The number of H-pyrrole nitrogens is 1. The van der Waals surface area contributed by atoms with Crippen molar-refractivity contribution >= 4 is 16.6 Å². The molecule has 2 atom stereocenters. The molecular formula is C23H24F4N2O3. The summed E-state index contributed by atoms with van der Waals surface area (Å²) in [6.07, 6.45) is -7.28. The fourth-order valence-corrected chi connectivity index (χ4v) is 3.85. The van der Waals surface area contributed by atoms with Crippen molar-refractivity contribution in [3.8, 4) is 5.75 Å². The van der Waals surface area contributed by atoms with Crippen LogP contribution in [0, 0.1) is 11.7 Å². The summed E-state index contributed by atoms with van der Waals surface area (Å²) in [5.74, 6) is -2.51. The first-order chi connectivity index (χ1) is 14.9. The van der Waals surface area contributed by atoms with Gasteiger partial charge in [-0.05, 0) is 48.2 Å². The molecule has 0 fully saturated rings. The van der Waals surface area contributed by atoms with Gasteiger partial charge in [0.15, 0.2) is 0 Å². The summed E-state index contributed by atoms with van der Waals surface area (Å²) in [5, 5.41) is 13.6. The summed E-state index contributed by atoms with van der Waals surface area (Å²) >= 11 is 0. The number of aliphatic hydroxyl groups is 1. The van der Waals surface area contributed by atoms with Crippen molar-refractivity contribution in [2.45, 2.75) is 38.1 Å². The maximum atomic E-state index is 14.0. The highest BCUT2D eigenvalue weighted by Gasteiger charge is 2.47. The molecule has 0 saturated heterocycles. The van der Waals surface area contributed by atoms with Crippen LogP contribution < -0.4 is 15.6 Å². The van der Waals surface area contributed by atoms with Crippen LogP contribution in [0.3, 0.4) is 0 Å². The van der Waals surface area contributed by atoms with Gasteiger partial charge in [0, 0.05) is 22.7 Å². The number of aromatic amines is 1. The molecule has 3 rings (SSSR count). The first kappa shape index (κ1) is 23.6. The van der Waals surface area contributed by atoms with E-state index >= 15 is 0 Å². The lowest BCUT2D eigenvalue weighted by molar-refractivity contribution is -0.201. The molecule has 0 radical (unpaired) electrons. The van der Waals surface area contributed by atoms with E-state index in [-0.39, 0.29) is 22.6 Å². The summed E-state index contributed by atoms with van der Waals surface area (Å²) in [7, 11) is 1.36. The molecule has 2 unspecified atom stereocenters. The van der Waals surface area contributed by atoms with Crippen molar-refractivity contribution in [2.24, 2.45) is 5.92 Å². The zero-order chi connectivity index (χ0) is 23.7. The number of rotatable bonds is 7. The first-order valence-corrected chi connectivity index (χ1v) is 9.90. The Hall–Kier alpha value is -3.07. The lowest BCUT2D eigenvalue weighted by atomic mass is 9.75. The van der Waals surface area contributed by atoms with Crippen LogP contribution in [-0.4, -0.2) is 29.6 Å². The number of aromatic nitrogens is 1. The number of aliphatic hydroxyl groups excluding tert-OH is 1. The standard InChI is InChI=1S/C23H24F4N2O3/c1-22(2,15-11-13(24)7-9-19(15)32-3)12-16(23(25,26)27)21(31)29-18-6-4-5-17-14(18)8-10-20(30)28-17/h4-11,16,21,29,31H,12H2,1-3H3,(H,28,30). The summed E-state index contributed by atoms with van der Waals surface area (Å²) in [6, 6.07) is 11.1. The average molecular weight is 452 g/mol. The van der Waals surface area contributed by atoms with Gasteiger partial charge in [0.05, 0.1) is 12.6 Å². The van der Waals surface area contributed by atoms with Crippen LogP contribution >= 0.6 is 0 Å². The van der Waals surface area contributed by atoms with Gasteiger partial charge in [-0.15, -0.1) is 0 Å². The number of anilines is 1. The Bertz CT molecular complexity index is 1160. The zero-order valence-corrected chi connectivity index (χ0v) is 17.8. The van der Waals surface area contributed by atoms with Crippen molar-refractivity contribution in [1.29, 1.82) is 0 Å². The van der Waals surface area contributed by atoms with Gasteiger partial charge < -0.3 is 20.1 Å². The third-order valence-corrected chi connectivity index (χ3v) is 5.49. The van der Waals surface area contributed by atoms with Gasteiger partial charge in [0.25, 0.3) is 0 Å². The SMILES string of the molecule is COc1ccc(F)cc1C(C)(C)CC(C(O)Nc1cccc2[nH]c(=O)ccc12)C(F)(F)F. The topological polar surface area (TPSA) is 74.3 Å². The normalized spacial score (nSPS) is 14.2. The molecule has 0 saturated carbocycles. The highest BCUT2D eigenvalue weighted by atomic mass is 19.4. The van der Waals surface area contributed by atoms with E-state index < -0.39 is 36.0 Å². The van der Waals surface area contributed by atoms with Crippen molar-refractivity contribution < 1.29 is 27.4 Å². The van der Waals surface area contributed by atoms with Crippen LogP contribution in [0.15, 0.2) is 53.3 Å². The molecule has 0 bridgehead atoms. The fourth-order valence-electron chi connectivity index (χ4n) is 3.85. The highest BCUT2D eigenvalue weighted by Crippen LogP contribution is 2.43. The van der Waals surface area contributed by atoms with E-state index in [0.717, 1.165) is 6.07 Å². The second-order valence-electron chi connectivity index (χ2n) is 8.26. The largest absolute Gasteiger partial charge is 0.496 e. The van der Waals surface area contributed by atoms with Crippen molar-refractivity contribution in [3.05, 3.63) is 70.3 Å². The van der Waals surface area contributed by atoms with E-state index in [2.05, 4.69) is 10.3 Å². The summed E-state index contributed by atoms with van der Waals surface area (Å²) in [5.41, 5.74) is -0.608. The molecule has 3 aromatic rings. The smallest absolute Gasteiger partial charge is 0.396 e. The Balaban J connectivity index is 1.94. The first-order valence-electron chi connectivity index (χ1n) is 9.90. The number of benzene rings is 2. The molecule has 172 valence electrons. The minimum absolute atomic E-state index is 0.238. The second-order valence-corrected chi connectivity index (χ2v) is 8.26. The number of hydrogen-bond donors (Lipinski definition) is 3. The average Bonchev–Trinajstić information content (AvgIpc) is 2.71. The number of methoxy groups -OCH3 is 1. The minimum atomic E-state index is -4.75. The van der Waals surface area contributed by atoms with E-state index in [9.17, 15) is 27.5 Å². The Labute approximate surface area is 182 Å². The predicted octanol–water partition coefficient (Wildman–Crippen LogP) is 4.95.